The van der Waals surface area contributed by atoms with Gasteiger partial charge in [0.25, 0.3) is 0 Å². The van der Waals surface area contributed by atoms with Crippen LogP contribution in [-0.2, 0) is 15.6 Å². The van der Waals surface area contributed by atoms with E-state index in [0.717, 1.165) is 16.8 Å². The highest BCUT2D eigenvalue weighted by molar-refractivity contribution is 7.89. The third kappa shape index (κ3) is 4.95. The number of nitrogens with two attached hydrogens (primary N) is 1. The second-order valence-corrected chi connectivity index (χ2v) is 8.36. The van der Waals surface area contributed by atoms with Crippen LogP contribution in [0.25, 0.3) is 11.1 Å². The Morgan fingerprint density at radius 2 is 1.85 bits per heavy atom. The van der Waals surface area contributed by atoms with E-state index in [1.165, 1.54) is 6.26 Å². The Morgan fingerprint density at radius 1 is 1.11 bits per heavy atom. The average molecular weight is 383 g/mol. The van der Waals surface area contributed by atoms with E-state index in [9.17, 15) is 8.42 Å². The Bertz CT molecular complexity index is 1050. The SMILES string of the molecule is CNc1nc(Nc2cccc(CS(C)(=O)=O)c2)ncc1-c1ccc(N)cc1. The molecule has 3 rings (SSSR count). The monoisotopic (exact) mass is 383 g/mol. The highest BCUT2D eigenvalue weighted by Crippen LogP contribution is 2.28. The first-order valence-electron chi connectivity index (χ1n) is 8.28. The van der Waals surface area contributed by atoms with Gasteiger partial charge in [-0.2, -0.15) is 4.98 Å². The lowest BCUT2D eigenvalue weighted by Crippen LogP contribution is -2.04. The number of hydrogen-bond acceptors (Lipinski definition) is 7. The van der Waals surface area contributed by atoms with Crippen molar-refractivity contribution in [3.8, 4) is 11.1 Å². The molecule has 27 heavy (non-hydrogen) atoms. The van der Waals surface area contributed by atoms with Crippen molar-refractivity contribution in [1.82, 2.24) is 9.97 Å². The van der Waals surface area contributed by atoms with Crippen LogP contribution in [0.2, 0.25) is 0 Å². The molecular formula is C19H21N5O2S. The number of sulfone groups is 1. The minimum Gasteiger partial charge on any atom is -0.399 e. The third-order valence-electron chi connectivity index (χ3n) is 3.86. The summed E-state index contributed by atoms with van der Waals surface area (Å²) in [5.74, 6) is 1.07. The molecule has 0 amide bonds. The van der Waals surface area contributed by atoms with Crippen molar-refractivity contribution in [2.75, 3.05) is 29.7 Å². The van der Waals surface area contributed by atoms with Crippen molar-refractivity contribution in [3.05, 3.63) is 60.3 Å². The Morgan fingerprint density at radius 3 is 2.52 bits per heavy atom. The molecule has 8 heteroatoms. The molecule has 2 aromatic carbocycles. The molecular weight excluding hydrogens is 362 g/mol. The number of aromatic nitrogens is 2. The third-order valence-corrected chi connectivity index (χ3v) is 4.72. The molecule has 0 aliphatic heterocycles. The summed E-state index contributed by atoms with van der Waals surface area (Å²) in [6.07, 6.45) is 2.94. The predicted molar refractivity (Wildman–Crippen MR) is 110 cm³/mol. The van der Waals surface area contributed by atoms with Crippen molar-refractivity contribution >= 4 is 33.0 Å². The normalized spacial score (nSPS) is 11.2. The van der Waals surface area contributed by atoms with Gasteiger partial charge in [-0.05, 0) is 35.4 Å². The Labute approximate surface area is 158 Å². The van der Waals surface area contributed by atoms with Crippen LogP contribution in [-0.4, -0.2) is 31.7 Å². The molecule has 0 saturated carbocycles. The Kier molecular flexibility index (Phi) is 5.27. The van der Waals surface area contributed by atoms with E-state index in [-0.39, 0.29) is 5.75 Å². The Hall–Kier alpha value is -3.13. The zero-order chi connectivity index (χ0) is 19.4. The summed E-state index contributed by atoms with van der Waals surface area (Å²) in [6, 6.07) is 14.7. The smallest absolute Gasteiger partial charge is 0.229 e. The van der Waals surface area contributed by atoms with Crippen LogP contribution in [0.3, 0.4) is 0 Å². The van der Waals surface area contributed by atoms with E-state index in [0.29, 0.717) is 23.0 Å². The van der Waals surface area contributed by atoms with Crippen LogP contribution in [0.4, 0.5) is 23.1 Å². The van der Waals surface area contributed by atoms with Crippen LogP contribution >= 0.6 is 0 Å². The van der Waals surface area contributed by atoms with E-state index < -0.39 is 9.84 Å². The number of benzene rings is 2. The minimum atomic E-state index is -3.09. The molecule has 0 saturated heterocycles. The molecule has 0 fully saturated rings. The number of nitrogen functional groups attached to an aromatic ring is 1. The minimum absolute atomic E-state index is 0.0127. The van der Waals surface area contributed by atoms with E-state index in [1.54, 1.807) is 31.4 Å². The van der Waals surface area contributed by atoms with E-state index in [1.807, 2.05) is 30.3 Å². The molecule has 0 unspecified atom stereocenters. The van der Waals surface area contributed by atoms with Crippen molar-refractivity contribution in [3.63, 3.8) is 0 Å². The second kappa shape index (κ2) is 7.63. The molecule has 0 atom stereocenters. The fourth-order valence-corrected chi connectivity index (χ4v) is 3.46. The van der Waals surface area contributed by atoms with Crippen molar-refractivity contribution < 1.29 is 8.42 Å². The van der Waals surface area contributed by atoms with Crippen LogP contribution in [0.1, 0.15) is 5.56 Å². The lowest BCUT2D eigenvalue weighted by atomic mass is 10.1. The molecule has 3 aromatic rings. The van der Waals surface area contributed by atoms with Crippen molar-refractivity contribution in [2.24, 2.45) is 0 Å². The quantitative estimate of drug-likeness (QED) is 0.561. The highest BCUT2D eigenvalue weighted by Gasteiger charge is 2.10. The molecule has 0 spiro atoms. The first-order valence-corrected chi connectivity index (χ1v) is 10.3. The van der Waals surface area contributed by atoms with Crippen LogP contribution in [0.5, 0.6) is 0 Å². The van der Waals surface area contributed by atoms with Gasteiger partial charge >= 0.3 is 0 Å². The number of hydrogen-bond donors (Lipinski definition) is 3. The summed E-state index contributed by atoms with van der Waals surface area (Å²) in [5, 5.41) is 6.19. The van der Waals surface area contributed by atoms with Crippen LogP contribution < -0.4 is 16.4 Å². The summed E-state index contributed by atoms with van der Waals surface area (Å²) < 4.78 is 23.0. The zero-order valence-electron chi connectivity index (χ0n) is 15.1. The van der Waals surface area contributed by atoms with Gasteiger partial charge in [-0.15, -0.1) is 0 Å². The van der Waals surface area contributed by atoms with Crippen molar-refractivity contribution in [2.45, 2.75) is 5.75 Å². The number of nitrogens with one attached hydrogen (secondary N) is 2. The average Bonchev–Trinajstić information content (AvgIpc) is 2.61. The highest BCUT2D eigenvalue weighted by atomic mass is 32.2. The topological polar surface area (TPSA) is 110 Å². The van der Waals surface area contributed by atoms with Gasteiger partial charge in [-0.3, -0.25) is 0 Å². The second-order valence-electron chi connectivity index (χ2n) is 6.22. The van der Waals surface area contributed by atoms with Gasteiger partial charge in [-0.25, -0.2) is 13.4 Å². The lowest BCUT2D eigenvalue weighted by Gasteiger charge is -2.12. The molecule has 1 aromatic heterocycles. The van der Waals surface area contributed by atoms with Gasteiger partial charge in [0.15, 0.2) is 9.84 Å². The molecule has 0 bridgehead atoms. The van der Waals surface area contributed by atoms with Crippen LogP contribution in [0.15, 0.2) is 54.7 Å². The molecule has 140 valence electrons. The van der Waals surface area contributed by atoms with Gasteiger partial charge in [0, 0.05) is 36.4 Å². The summed E-state index contributed by atoms with van der Waals surface area (Å²) in [4.78, 5) is 8.88. The van der Waals surface area contributed by atoms with E-state index in [2.05, 4.69) is 20.6 Å². The standard InChI is InChI=1S/C19H21N5O2S/c1-21-18-17(14-6-8-15(20)9-7-14)11-22-19(24-18)23-16-5-3-4-13(10-16)12-27(2,25)26/h3-11H,12,20H2,1-2H3,(H2,21,22,23,24). The first-order chi connectivity index (χ1) is 12.8. The van der Waals surface area contributed by atoms with Gasteiger partial charge in [-0.1, -0.05) is 24.3 Å². The summed E-state index contributed by atoms with van der Waals surface area (Å²) in [5.41, 5.74) is 9.67. The summed E-state index contributed by atoms with van der Waals surface area (Å²) in [7, 11) is -1.30. The van der Waals surface area contributed by atoms with Gasteiger partial charge in [0.2, 0.25) is 5.95 Å². The van der Waals surface area contributed by atoms with E-state index in [4.69, 9.17) is 5.73 Å². The fraction of sp³-hybridized carbons (Fsp3) is 0.158. The first kappa shape index (κ1) is 18.7. The van der Waals surface area contributed by atoms with E-state index >= 15 is 0 Å². The van der Waals surface area contributed by atoms with Gasteiger partial charge in [0.05, 0.1) is 5.75 Å². The van der Waals surface area contributed by atoms with Gasteiger partial charge < -0.3 is 16.4 Å². The number of nitrogens with zero attached hydrogens (tertiary/aromatic N) is 2. The largest absolute Gasteiger partial charge is 0.399 e. The predicted octanol–water partition coefficient (Wildman–Crippen LogP) is 3.06. The molecule has 0 radical (unpaired) electrons. The Balaban J connectivity index is 1.86. The fourth-order valence-electron chi connectivity index (χ4n) is 2.68. The molecule has 4 N–H and O–H groups in total. The summed E-state index contributed by atoms with van der Waals surface area (Å²) in [6.45, 7) is 0. The molecule has 0 aliphatic carbocycles. The maximum Gasteiger partial charge on any atom is 0.229 e. The number of rotatable bonds is 6. The molecule has 0 aliphatic rings. The van der Waals surface area contributed by atoms with Gasteiger partial charge in [0.1, 0.15) is 5.82 Å². The zero-order valence-corrected chi connectivity index (χ0v) is 15.9. The maximum atomic E-state index is 11.5. The van der Waals surface area contributed by atoms with Crippen molar-refractivity contribution in [1.29, 1.82) is 0 Å². The molecule has 7 nitrogen and oxygen atoms in total. The number of anilines is 4. The van der Waals surface area contributed by atoms with Crippen LogP contribution in [0, 0.1) is 0 Å². The molecule has 1 heterocycles. The summed E-state index contributed by atoms with van der Waals surface area (Å²) >= 11 is 0. The maximum absolute atomic E-state index is 11.5. The lowest BCUT2D eigenvalue weighted by molar-refractivity contribution is 0.601.